The molecule has 0 spiro atoms. The van der Waals surface area contributed by atoms with E-state index in [1.54, 1.807) is 45.4 Å². The van der Waals surface area contributed by atoms with E-state index in [0.717, 1.165) is 11.1 Å². The van der Waals surface area contributed by atoms with Crippen LogP contribution < -0.4 is 30.7 Å². The summed E-state index contributed by atoms with van der Waals surface area (Å²) in [5, 5.41) is 11.4. The van der Waals surface area contributed by atoms with Crippen LogP contribution in [0.15, 0.2) is 48.5 Å². The fraction of sp³-hybridized carbons (Fsp3) is 0.528. The number of para-hydroxylation sites is 1. The molecule has 262 valence electrons. The number of carbonyl (C=O) groups excluding carboxylic acids is 5. The van der Waals surface area contributed by atoms with Crippen LogP contribution in [0.5, 0.6) is 11.5 Å². The maximum Gasteiger partial charge on any atom is 0.243 e. The van der Waals surface area contributed by atoms with Gasteiger partial charge in [-0.25, -0.2) is 0 Å². The SMILES string of the molecule is COc1ccc(C[C@@H]2NC(=O)[C@H](CC(C)C)NC(=O)CN(C(=O)CCc3ccccc3OC)C[C@H](C(C)C)NC(=O)[C@@H](C)NC2=O)cc1. The van der Waals surface area contributed by atoms with E-state index in [2.05, 4.69) is 21.3 Å². The fourth-order valence-corrected chi connectivity index (χ4v) is 5.51. The molecule has 1 aliphatic heterocycles. The first kappa shape index (κ1) is 37.8. The third kappa shape index (κ3) is 11.3. The molecule has 2 aromatic rings. The topological polar surface area (TPSA) is 155 Å². The Morgan fingerprint density at radius 2 is 1.50 bits per heavy atom. The molecule has 48 heavy (non-hydrogen) atoms. The summed E-state index contributed by atoms with van der Waals surface area (Å²) in [7, 11) is 3.12. The average Bonchev–Trinajstić information content (AvgIpc) is 3.05. The molecule has 3 rings (SSSR count). The molecule has 0 aromatic heterocycles. The minimum absolute atomic E-state index is 0.0303. The van der Waals surface area contributed by atoms with E-state index in [1.165, 1.54) is 4.90 Å². The van der Waals surface area contributed by atoms with Crippen molar-refractivity contribution in [3.63, 3.8) is 0 Å². The Labute approximate surface area is 283 Å². The minimum atomic E-state index is -1.04. The molecule has 0 unspecified atom stereocenters. The monoisotopic (exact) mass is 665 g/mol. The van der Waals surface area contributed by atoms with Gasteiger partial charge in [0.05, 0.1) is 20.8 Å². The van der Waals surface area contributed by atoms with E-state index in [-0.39, 0.29) is 43.7 Å². The normalized spacial score (nSPS) is 21.4. The predicted molar refractivity (Wildman–Crippen MR) is 182 cm³/mol. The zero-order chi connectivity index (χ0) is 35.4. The van der Waals surface area contributed by atoms with Crippen molar-refractivity contribution in [3.05, 3.63) is 59.7 Å². The number of ether oxygens (including phenoxy) is 2. The molecule has 0 aliphatic carbocycles. The van der Waals surface area contributed by atoms with Crippen molar-refractivity contribution in [1.29, 1.82) is 0 Å². The molecular formula is C36H51N5O7. The lowest BCUT2D eigenvalue weighted by Gasteiger charge is -2.31. The summed E-state index contributed by atoms with van der Waals surface area (Å²) in [4.78, 5) is 69.4. The Bertz CT molecular complexity index is 1410. The second-order valence-corrected chi connectivity index (χ2v) is 13.0. The van der Waals surface area contributed by atoms with Gasteiger partial charge >= 0.3 is 0 Å². The summed E-state index contributed by atoms with van der Waals surface area (Å²) in [5.74, 6) is -1.10. The highest BCUT2D eigenvalue weighted by molar-refractivity contribution is 5.95. The molecule has 12 nitrogen and oxygen atoms in total. The van der Waals surface area contributed by atoms with E-state index in [1.807, 2.05) is 52.0 Å². The van der Waals surface area contributed by atoms with Crippen molar-refractivity contribution in [1.82, 2.24) is 26.2 Å². The third-order valence-electron chi connectivity index (χ3n) is 8.38. The Balaban J connectivity index is 1.93. The zero-order valence-electron chi connectivity index (χ0n) is 29.1. The van der Waals surface area contributed by atoms with Gasteiger partial charge in [-0.1, -0.05) is 58.0 Å². The Morgan fingerprint density at radius 1 is 0.833 bits per heavy atom. The van der Waals surface area contributed by atoms with Gasteiger partial charge in [0.1, 0.15) is 29.6 Å². The number of amides is 5. The summed E-state index contributed by atoms with van der Waals surface area (Å²) in [6.07, 6.45) is 0.932. The third-order valence-corrected chi connectivity index (χ3v) is 8.38. The highest BCUT2D eigenvalue weighted by Crippen LogP contribution is 2.20. The summed E-state index contributed by atoms with van der Waals surface area (Å²) in [5.41, 5.74) is 1.62. The molecule has 5 amide bonds. The highest BCUT2D eigenvalue weighted by atomic mass is 16.5. The summed E-state index contributed by atoms with van der Waals surface area (Å²) in [6, 6.07) is 11.1. The second-order valence-electron chi connectivity index (χ2n) is 13.0. The Hall–Kier alpha value is -4.61. The molecule has 0 radical (unpaired) electrons. The van der Waals surface area contributed by atoms with Gasteiger partial charge in [-0.05, 0) is 60.9 Å². The molecule has 1 heterocycles. The molecule has 1 aliphatic rings. The van der Waals surface area contributed by atoms with E-state index in [9.17, 15) is 24.0 Å². The van der Waals surface area contributed by atoms with Gasteiger partial charge < -0.3 is 35.6 Å². The molecule has 1 saturated heterocycles. The van der Waals surface area contributed by atoms with Crippen LogP contribution in [0.1, 0.15) is 58.6 Å². The van der Waals surface area contributed by atoms with Crippen LogP contribution in [-0.2, 0) is 36.8 Å². The number of hydrogen-bond acceptors (Lipinski definition) is 7. The molecule has 0 saturated carbocycles. The van der Waals surface area contributed by atoms with Gasteiger partial charge in [0.2, 0.25) is 29.5 Å². The molecule has 4 N–H and O–H groups in total. The summed E-state index contributed by atoms with van der Waals surface area (Å²) in [6.45, 7) is 8.99. The van der Waals surface area contributed by atoms with Crippen LogP contribution in [0, 0.1) is 11.8 Å². The number of aryl methyl sites for hydroxylation is 1. The number of carbonyl (C=O) groups is 5. The van der Waals surface area contributed by atoms with Gasteiger partial charge in [-0.2, -0.15) is 0 Å². The van der Waals surface area contributed by atoms with Crippen molar-refractivity contribution in [2.24, 2.45) is 11.8 Å². The first-order chi connectivity index (χ1) is 22.8. The number of rotatable bonds is 10. The lowest BCUT2D eigenvalue weighted by Crippen LogP contribution is -2.57. The fourth-order valence-electron chi connectivity index (χ4n) is 5.51. The molecule has 0 bridgehead atoms. The van der Waals surface area contributed by atoms with E-state index in [0.29, 0.717) is 24.3 Å². The van der Waals surface area contributed by atoms with Crippen molar-refractivity contribution in [2.75, 3.05) is 27.3 Å². The van der Waals surface area contributed by atoms with Gasteiger partial charge in [-0.3, -0.25) is 24.0 Å². The molecule has 12 heteroatoms. The summed E-state index contributed by atoms with van der Waals surface area (Å²) >= 11 is 0. The van der Waals surface area contributed by atoms with E-state index < -0.39 is 47.8 Å². The first-order valence-electron chi connectivity index (χ1n) is 16.5. The minimum Gasteiger partial charge on any atom is -0.497 e. The van der Waals surface area contributed by atoms with Crippen molar-refractivity contribution >= 4 is 29.5 Å². The standard InChI is InChI=1S/C36H51N5O7/c1-22(2)18-28-36(46)39-29(19-25-12-15-27(47-6)16-13-25)35(45)37-24(5)34(44)40-30(23(3)4)20-41(21-32(42)38-28)33(43)17-14-26-10-8-9-11-31(26)48-7/h8-13,15-16,22-24,28-30H,14,17-21H2,1-7H3,(H,37,45)(H,38,42)(H,39,46)(H,40,44)/t24-,28+,29+,30-/m1/s1. The lowest BCUT2D eigenvalue weighted by atomic mass is 10.0. The number of benzene rings is 2. The Kier molecular flexibility index (Phi) is 14.2. The van der Waals surface area contributed by atoms with Gasteiger partial charge in [0.25, 0.3) is 0 Å². The Morgan fingerprint density at radius 3 is 2.12 bits per heavy atom. The van der Waals surface area contributed by atoms with Crippen LogP contribution >= 0.6 is 0 Å². The van der Waals surface area contributed by atoms with Crippen molar-refractivity contribution < 1.29 is 33.4 Å². The largest absolute Gasteiger partial charge is 0.497 e. The number of methoxy groups -OCH3 is 2. The van der Waals surface area contributed by atoms with Crippen molar-refractivity contribution in [2.45, 2.75) is 84.5 Å². The molecular weight excluding hydrogens is 614 g/mol. The van der Waals surface area contributed by atoms with E-state index in [4.69, 9.17) is 9.47 Å². The van der Waals surface area contributed by atoms with Gasteiger partial charge in [0.15, 0.2) is 0 Å². The van der Waals surface area contributed by atoms with Crippen LogP contribution in [0.4, 0.5) is 0 Å². The maximum absolute atomic E-state index is 13.7. The van der Waals surface area contributed by atoms with Gasteiger partial charge in [0, 0.05) is 25.4 Å². The predicted octanol–water partition coefficient (Wildman–Crippen LogP) is 2.38. The molecule has 1 fully saturated rings. The van der Waals surface area contributed by atoms with Gasteiger partial charge in [-0.15, -0.1) is 0 Å². The quantitative estimate of drug-likeness (QED) is 0.304. The lowest BCUT2D eigenvalue weighted by molar-refractivity contribution is -0.138. The smallest absolute Gasteiger partial charge is 0.243 e. The van der Waals surface area contributed by atoms with Crippen LogP contribution in [0.25, 0.3) is 0 Å². The molecule has 2 aromatic carbocycles. The van der Waals surface area contributed by atoms with Crippen LogP contribution in [0.3, 0.4) is 0 Å². The zero-order valence-corrected chi connectivity index (χ0v) is 29.1. The van der Waals surface area contributed by atoms with Crippen LogP contribution in [0.2, 0.25) is 0 Å². The maximum atomic E-state index is 13.7. The van der Waals surface area contributed by atoms with E-state index >= 15 is 0 Å². The van der Waals surface area contributed by atoms with Crippen molar-refractivity contribution in [3.8, 4) is 11.5 Å². The average molecular weight is 666 g/mol. The number of hydrogen-bond donors (Lipinski definition) is 4. The highest BCUT2D eigenvalue weighted by Gasteiger charge is 2.32. The summed E-state index contributed by atoms with van der Waals surface area (Å²) < 4.78 is 10.7. The number of nitrogens with one attached hydrogen (secondary N) is 4. The van der Waals surface area contributed by atoms with Crippen LogP contribution in [-0.4, -0.2) is 85.9 Å². The second kappa shape index (κ2) is 18.1. The first-order valence-corrected chi connectivity index (χ1v) is 16.5. The number of nitrogens with zero attached hydrogens (tertiary/aromatic N) is 1. The molecule has 4 atom stereocenters.